The number of halogens is 4. The van der Waals surface area contributed by atoms with Crippen molar-refractivity contribution in [3.8, 4) is 0 Å². The Morgan fingerprint density at radius 2 is 2.05 bits per heavy atom. The first-order valence-electron chi connectivity index (χ1n) is 5.93. The predicted octanol–water partition coefficient (Wildman–Crippen LogP) is 1.79. The minimum absolute atomic E-state index is 0.0741. The summed E-state index contributed by atoms with van der Waals surface area (Å²) in [5, 5.41) is 20.4. The molecule has 0 bridgehead atoms. The lowest BCUT2D eigenvalue weighted by molar-refractivity contribution is -0.147. The maximum atomic E-state index is 12.4. The molecule has 0 radical (unpaired) electrons. The largest absolute Gasteiger partial charge is 0.409 e. The summed E-state index contributed by atoms with van der Waals surface area (Å²) in [4.78, 5) is 1.03. The summed E-state index contributed by atoms with van der Waals surface area (Å²) in [6.07, 6.45) is -4.37. The van der Waals surface area contributed by atoms with Crippen molar-refractivity contribution in [2.45, 2.75) is 12.7 Å². The number of aliphatic hydroxyl groups excluding tert-OH is 1. The summed E-state index contributed by atoms with van der Waals surface area (Å²) in [5.41, 5.74) is 6.20. The SMILES string of the molecule is N/C(=N/O)c1ccc(CN(CCO)CC(F)(F)F)c(Cl)c1. The average Bonchev–Trinajstić information content (AvgIpc) is 2.38. The Balaban J connectivity index is 2.89. The zero-order valence-electron chi connectivity index (χ0n) is 10.9. The molecule has 0 saturated carbocycles. The van der Waals surface area contributed by atoms with Gasteiger partial charge in [-0.2, -0.15) is 13.2 Å². The van der Waals surface area contributed by atoms with Crippen LogP contribution >= 0.6 is 11.6 Å². The van der Waals surface area contributed by atoms with Crippen molar-refractivity contribution in [3.05, 3.63) is 34.3 Å². The molecule has 0 spiro atoms. The first-order valence-corrected chi connectivity index (χ1v) is 6.31. The molecule has 0 atom stereocenters. The Bertz CT molecular complexity index is 509. The third kappa shape index (κ3) is 5.78. The number of aliphatic hydroxyl groups is 1. The molecule has 0 unspecified atom stereocenters. The summed E-state index contributed by atoms with van der Waals surface area (Å²) in [6.45, 7) is -1.74. The van der Waals surface area contributed by atoms with Gasteiger partial charge >= 0.3 is 6.18 Å². The van der Waals surface area contributed by atoms with Gasteiger partial charge in [-0.3, -0.25) is 4.90 Å². The fourth-order valence-corrected chi connectivity index (χ4v) is 1.98. The summed E-state index contributed by atoms with van der Waals surface area (Å²) in [7, 11) is 0. The number of alkyl halides is 3. The monoisotopic (exact) mass is 325 g/mol. The first kappa shape index (κ1) is 17.5. The van der Waals surface area contributed by atoms with E-state index in [-0.39, 0.29) is 23.9 Å². The fraction of sp³-hybridized carbons (Fsp3) is 0.417. The van der Waals surface area contributed by atoms with Gasteiger partial charge in [-0.05, 0) is 11.6 Å². The fourth-order valence-electron chi connectivity index (χ4n) is 1.74. The van der Waals surface area contributed by atoms with E-state index in [0.29, 0.717) is 11.1 Å². The number of oxime groups is 1. The van der Waals surface area contributed by atoms with E-state index in [1.807, 2.05) is 0 Å². The Kier molecular flexibility index (Phi) is 6.25. The van der Waals surface area contributed by atoms with Crippen LogP contribution in [0.2, 0.25) is 5.02 Å². The van der Waals surface area contributed by atoms with Gasteiger partial charge in [-0.25, -0.2) is 0 Å². The smallest absolute Gasteiger partial charge is 0.401 e. The molecular formula is C12H15ClF3N3O2. The molecule has 5 nitrogen and oxygen atoms in total. The van der Waals surface area contributed by atoms with Crippen molar-refractivity contribution in [1.82, 2.24) is 4.90 Å². The number of nitrogens with zero attached hydrogens (tertiary/aromatic N) is 2. The molecule has 0 aliphatic heterocycles. The molecule has 0 aliphatic rings. The van der Waals surface area contributed by atoms with Gasteiger partial charge < -0.3 is 16.0 Å². The van der Waals surface area contributed by atoms with Crippen molar-refractivity contribution >= 4 is 17.4 Å². The second-order valence-corrected chi connectivity index (χ2v) is 4.75. The highest BCUT2D eigenvalue weighted by atomic mass is 35.5. The van der Waals surface area contributed by atoms with E-state index in [1.165, 1.54) is 18.2 Å². The number of nitrogens with two attached hydrogens (primary N) is 1. The van der Waals surface area contributed by atoms with Crippen LogP contribution in [0, 0.1) is 0 Å². The van der Waals surface area contributed by atoms with Crippen LogP contribution in [-0.4, -0.2) is 46.9 Å². The Morgan fingerprint density at radius 1 is 1.38 bits per heavy atom. The lowest BCUT2D eigenvalue weighted by Gasteiger charge is -2.23. The van der Waals surface area contributed by atoms with E-state index in [4.69, 9.17) is 27.6 Å². The molecule has 1 aromatic carbocycles. The molecule has 0 aromatic heterocycles. The average molecular weight is 326 g/mol. The lowest BCUT2D eigenvalue weighted by atomic mass is 10.1. The van der Waals surface area contributed by atoms with Crippen LogP contribution in [0.15, 0.2) is 23.4 Å². The molecular weight excluding hydrogens is 311 g/mol. The van der Waals surface area contributed by atoms with E-state index in [9.17, 15) is 13.2 Å². The number of amidine groups is 1. The van der Waals surface area contributed by atoms with E-state index in [1.54, 1.807) is 0 Å². The predicted molar refractivity (Wildman–Crippen MR) is 72.4 cm³/mol. The Labute approximate surface area is 124 Å². The standard InChI is InChI=1S/C12H15ClF3N3O2/c13-10-5-8(11(17)18-21)1-2-9(10)6-19(3-4-20)7-12(14,15)16/h1-2,5,20-21H,3-4,6-7H2,(H2,17,18). The van der Waals surface area contributed by atoms with Crippen LogP contribution in [0.1, 0.15) is 11.1 Å². The third-order valence-electron chi connectivity index (χ3n) is 2.67. The summed E-state index contributed by atoms with van der Waals surface area (Å²) in [6, 6.07) is 4.38. The number of hydrogen-bond donors (Lipinski definition) is 3. The van der Waals surface area contributed by atoms with Crippen LogP contribution in [-0.2, 0) is 6.54 Å². The molecule has 0 saturated heterocycles. The second kappa shape index (κ2) is 7.48. The first-order chi connectivity index (χ1) is 9.76. The highest BCUT2D eigenvalue weighted by Crippen LogP contribution is 2.22. The summed E-state index contributed by atoms with van der Waals surface area (Å²) < 4.78 is 37.3. The summed E-state index contributed by atoms with van der Waals surface area (Å²) >= 11 is 5.98. The van der Waals surface area contributed by atoms with Gasteiger partial charge in [0.1, 0.15) is 0 Å². The van der Waals surface area contributed by atoms with Crippen LogP contribution in [0.5, 0.6) is 0 Å². The molecule has 4 N–H and O–H groups in total. The van der Waals surface area contributed by atoms with Crippen LogP contribution in [0.25, 0.3) is 0 Å². The molecule has 1 aromatic rings. The highest BCUT2D eigenvalue weighted by molar-refractivity contribution is 6.31. The minimum atomic E-state index is -4.37. The zero-order chi connectivity index (χ0) is 16.0. The van der Waals surface area contributed by atoms with Crippen molar-refractivity contribution in [1.29, 1.82) is 0 Å². The normalized spacial score (nSPS) is 13.0. The van der Waals surface area contributed by atoms with Crippen LogP contribution in [0.3, 0.4) is 0 Å². The van der Waals surface area contributed by atoms with Crippen molar-refractivity contribution in [2.75, 3.05) is 19.7 Å². The van der Waals surface area contributed by atoms with Gasteiger partial charge in [0.25, 0.3) is 0 Å². The topological polar surface area (TPSA) is 82.1 Å². The lowest BCUT2D eigenvalue weighted by Crippen LogP contribution is -2.35. The molecule has 1 rings (SSSR count). The molecule has 9 heteroatoms. The van der Waals surface area contributed by atoms with Crippen molar-refractivity contribution < 1.29 is 23.5 Å². The third-order valence-corrected chi connectivity index (χ3v) is 3.02. The second-order valence-electron chi connectivity index (χ2n) is 4.34. The highest BCUT2D eigenvalue weighted by Gasteiger charge is 2.30. The quantitative estimate of drug-likeness (QED) is 0.322. The van der Waals surface area contributed by atoms with Gasteiger partial charge in [-0.15, -0.1) is 0 Å². The van der Waals surface area contributed by atoms with Crippen molar-refractivity contribution in [3.63, 3.8) is 0 Å². The molecule has 118 valence electrons. The number of rotatable bonds is 6. The molecule has 21 heavy (non-hydrogen) atoms. The van der Waals surface area contributed by atoms with Crippen molar-refractivity contribution in [2.24, 2.45) is 10.9 Å². The minimum Gasteiger partial charge on any atom is -0.409 e. The van der Waals surface area contributed by atoms with Crippen LogP contribution in [0.4, 0.5) is 13.2 Å². The summed E-state index contributed by atoms with van der Waals surface area (Å²) in [5.74, 6) is -0.147. The van der Waals surface area contributed by atoms with Gasteiger partial charge in [-0.1, -0.05) is 28.9 Å². The van der Waals surface area contributed by atoms with Crippen LogP contribution < -0.4 is 5.73 Å². The number of benzene rings is 1. The van der Waals surface area contributed by atoms with Gasteiger partial charge in [0.15, 0.2) is 5.84 Å². The Hall–Kier alpha value is -1.51. The zero-order valence-corrected chi connectivity index (χ0v) is 11.7. The van der Waals surface area contributed by atoms with E-state index >= 15 is 0 Å². The van der Waals surface area contributed by atoms with Gasteiger partial charge in [0.05, 0.1) is 13.2 Å². The molecule has 0 fully saturated rings. The maximum absolute atomic E-state index is 12.4. The Morgan fingerprint density at radius 3 is 2.52 bits per heavy atom. The molecule has 0 amide bonds. The van der Waals surface area contributed by atoms with Gasteiger partial charge in [0, 0.05) is 23.7 Å². The van der Waals surface area contributed by atoms with E-state index in [2.05, 4.69) is 5.16 Å². The number of hydrogen-bond acceptors (Lipinski definition) is 4. The molecule has 0 aliphatic carbocycles. The molecule has 0 heterocycles. The maximum Gasteiger partial charge on any atom is 0.401 e. The van der Waals surface area contributed by atoms with Gasteiger partial charge in [0.2, 0.25) is 0 Å². The van der Waals surface area contributed by atoms with E-state index in [0.717, 1.165) is 4.90 Å². The van der Waals surface area contributed by atoms with E-state index < -0.39 is 19.3 Å².